The Morgan fingerprint density at radius 1 is 1.29 bits per heavy atom. The monoisotopic (exact) mass is 389 g/mol. The van der Waals surface area contributed by atoms with E-state index in [4.69, 9.17) is 4.74 Å². The Morgan fingerprint density at radius 3 is 2.79 bits per heavy atom. The van der Waals surface area contributed by atoms with E-state index in [9.17, 15) is 13.6 Å². The fraction of sp³-hybridized carbons (Fsp3) is 0.526. The van der Waals surface area contributed by atoms with Gasteiger partial charge in [0.15, 0.2) is 5.65 Å². The smallest absolute Gasteiger partial charge is 0.277 e. The summed E-state index contributed by atoms with van der Waals surface area (Å²) in [6.07, 6.45) is 3.49. The minimum atomic E-state index is -2.65. The van der Waals surface area contributed by atoms with Crippen LogP contribution in [0.4, 0.5) is 8.78 Å². The molecule has 0 bridgehead atoms. The van der Waals surface area contributed by atoms with Crippen LogP contribution in [0.3, 0.4) is 0 Å². The summed E-state index contributed by atoms with van der Waals surface area (Å²) in [6.45, 7) is 1.35. The first-order valence-corrected chi connectivity index (χ1v) is 9.61. The maximum absolute atomic E-state index is 13.5. The van der Waals surface area contributed by atoms with Gasteiger partial charge >= 0.3 is 0 Å². The van der Waals surface area contributed by atoms with Gasteiger partial charge in [-0.25, -0.2) is 13.8 Å². The van der Waals surface area contributed by atoms with Gasteiger partial charge in [-0.1, -0.05) is 0 Å². The number of pyridine rings is 1. The van der Waals surface area contributed by atoms with Crippen molar-refractivity contribution >= 4 is 11.2 Å². The highest BCUT2D eigenvalue weighted by atomic mass is 19.3. The molecule has 5 rings (SSSR count). The lowest BCUT2D eigenvalue weighted by atomic mass is 9.77. The maximum atomic E-state index is 13.5. The molecule has 1 saturated carbocycles. The molecule has 4 heterocycles. The fourth-order valence-corrected chi connectivity index (χ4v) is 4.22. The number of aromatic nitrogens is 5. The third-order valence-corrected chi connectivity index (χ3v) is 5.81. The molecule has 0 unspecified atom stereocenters. The molecule has 2 aliphatic rings. The first kappa shape index (κ1) is 17.5. The van der Waals surface area contributed by atoms with Gasteiger partial charge in [-0.15, -0.1) is 0 Å². The summed E-state index contributed by atoms with van der Waals surface area (Å²) in [7, 11) is 0. The number of alkyl halides is 2. The summed E-state index contributed by atoms with van der Waals surface area (Å²) in [6, 6.07) is 3.60. The zero-order valence-electron chi connectivity index (χ0n) is 15.3. The topological polar surface area (TPSA) is 88.6 Å². The Balaban J connectivity index is 1.55. The number of ether oxygens (including phenoxy) is 1. The molecule has 0 spiro atoms. The second-order valence-corrected chi connectivity index (χ2v) is 7.80. The fourth-order valence-electron chi connectivity index (χ4n) is 4.22. The molecule has 28 heavy (non-hydrogen) atoms. The summed E-state index contributed by atoms with van der Waals surface area (Å²) < 4.78 is 33.7. The van der Waals surface area contributed by atoms with Crippen molar-refractivity contribution in [2.75, 3.05) is 13.2 Å². The highest BCUT2D eigenvalue weighted by Crippen LogP contribution is 2.48. The van der Waals surface area contributed by atoms with E-state index in [0.29, 0.717) is 53.9 Å². The van der Waals surface area contributed by atoms with E-state index in [0.717, 1.165) is 12.8 Å². The van der Waals surface area contributed by atoms with Crippen molar-refractivity contribution < 1.29 is 13.5 Å². The van der Waals surface area contributed by atoms with Gasteiger partial charge in [-0.2, -0.15) is 9.67 Å². The van der Waals surface area contributed by atoms with Crippen molar-refractivity contribution in [2.24, 2.45) is 5.92 Å². The van der Waals surface area contributed by atoms with Crippen molar-refractivity contribution in [3.05, 3.63) is 39.9 Å². The van der Waals surface area contributed by atoms with Crippen molar-refractivity contribution in [3.63, 3.8) is 0 Å². The number of nitrogens with one attached hydrogen (secondary N) is 2. The quantitative estimate of drug-likeness (QED) is 0.718. The van der Waals surface area contributed by atoms with E-state index >= 15 is 0 Å². The summed E-state index contributed by atoms with van der Waals surface area (Å²) in [5.41, 5.74) is 2.20. The molecule has 3 aromatic heterocycles. The van der Waals surface area contributed by atoms with Crippen LogP contribution in [0.2, 0.25) is 0 Å². The van der Waals surface area contributed by atoms with Crippen LogP contribution >= 0.6 is 0 Å². The molecular formula is C19H21F2N5O2. The molecule has 1 saturated heterocycles. The van der Waals surface area contributed by atoms with E-state index in [1.165, 1.54) is 4.68 Å². The van der Waals surface area contributed by atoms with Crippen molar-refractivity contribution in [3.8, 4) is 5.95 Å². The highest BCUT2D eigenvalue weighted by molar-refractivity contribution is 5.71. The van der Waals surface area contributed by atoms with Crippen LogP contribution in [0.25, 0.3) is 17.1 Å². The zero-order valence-corrected chi connectivity index (χ0v) is 15.3. The van der Waals surface area contributed by atoms with Gasteiger partial charge in [0.2, 0.25) is 11.9 Å². The van der Waals surface area contributed by atoms with Gasteiger partial charge < -0.3 is 9.72 Å². The minimum absolute atomic E-state index is 0.226. The Bertz CT molecular complexity index is 1020. The summed E-state index contributed by atoms with van der Waals surface area (Å²) in [5.74, 6) is -2.34. The molecule has 148 valence electrons. The first-order valence-electron chi connectivity index (χ1n) is 9.61. The lowest BCUT2D eigenvalue weighted by molar-refractivity contribution is -0.0878. The summed E-state index contributed by atoms with van der Waals surface area (Å²) >= 11 is 0. The third-order valence-electron chi connectivity index (χ3n) is 5.81. The summed E-state index contributed by atoms with van der Waals surface area (Å²) in [4.78, 5) is 24.8. The SMILES string of the molecule is O=c1c(CC2CCOCC2)c(C2CC(F)(F)C2)[nH]n1-c1nc2ncccc2[nH]1. The molecule has 0 radical (unpaired) electrons. The van der Waals surface area contributed by atoms with Crippen LogP contribution in [0, 0.1) is 5.92 Å². The van der Waals surface area contributed by atoms with E-state index in [1.807, 2.05) is 6.07 Å². The average Bonchev–Trinajstić information content (AvgIpc) is 3.22. The first-order chi connectivity index (χ1) is 13.5. The number of hydrogen-bond donors (Lipinski definition) is 2. The molecule has 9 heteroatoms. The Hall–Kier alpha value is -2.55. The zero-order chi connectivity index (χ0) is 19.3. The lowest BCUT2D eigenvalue weighted by Crippen LogP contribution is -2.34. The highest BCUT2D eigenvalue weighted by Gasteiger charge is 2.48. The predicted molar refractivity (Wildman–Crippen MR) is 98.0 cm³/mol. The number of aromatic amines is 2. The molecule has 1 aliphatic heterocycles. The second kappa shape index (κ2) is 6.51. The van der Waals surface area contributed by atoms with Gasteiger partial charge in [-0.05, 0) is 37.3 Å². The maximum Gasteiger partial charge on any atom is 0.277 e. The number of fused-ring (bicyclic) bond motifs is 1. The van der Waals surface area contributed by atoms with E-state index in [2.05, 4.69) is 20.1 Å². The lowest BCUT2D eigenvalue weighted by Gasteiger charge is -2.35. The van der Waals surface area contributed by atoms with Crippen molar-refractivity contribution in [1.82, 2.24) is 24.7 Å². The third kappa shape index (κ3) is 3.03. The molecule has 1 aliphatic carbocycles. The molecule has 0 amide bonds. The van der Waals surface area contributed by atoms with Gasteiger partial charge in [0.05, 0.1) is 5.52 Å². The number of nitrogens with zero attached hydrogens (tertiary/aromatic N) is 3. The van der Waals surface area contributed by atoms with Crippen LogP contribution in [0.1, 0.15) is 42.9 Å². The molecule has 3 aromatic rings. The summed E-state index contributed by atoms with van der Waals surface area (Å²) in [5, 5.41) is 3.07. The Kier molecular flexibility index (Phi) is 4.08. The van der Waals surface area contributed by atoms with Crippen LogP contribution in [0.5, 0.6) is 0 Å². The van der Waals surface area contributed by atoms with Crippen molar-refractivity contribution in [1.29, 1.82) is 0 Å². The molecule has 2 fully saturated rings. The average molecular weight is 389 g/mol. The predicted octanol–water partition coefficient (Wildman–Crippen LogP) is 2.92. The van der Waals surface area contributed by atoms with Crippen LogP contribution in [-0.2, 0) is 11.2 Å². The van der Waals surface area contributed by atoms with Gasteiger partial charge in [0.1, 0.15) is 0 Å². The minimum Gasteiger partial charge on any atom is -0.381 e. The van der Waals surface area contributed by atoms with Crippen LogP contribution < -0.4 is 5.56 Å². The van der Waals surface area contributed by atoms with Crippen LogP contribution in [0.15, 0.2) is 23.1 Å². The van der Waals surface area contributed by atoms with Crippen LogP contribution in [-0.4, -0.2) is 43.9 Å². The number of H-pyrrole nitrogens is 2. The number of halogens is 2. The van der Waals surface area contributed by atoms with Crippen molar-refractivity contribution in [2.45, 2.75) is 43.9 Å². The van der Waals surface area contributed by atoms with Gasteiger partial charge in [0.25, 0.3) is 5.56 Å². The molecule has 2 N–H and O–H groups in total. The van der Waals surface area contributed by atoms with E-state index in [-0.39, 0.29) is 24.3 Å². The molecule has 0 atom stereocenters. The molecule has 0 aromatic carbocycles. The standard InChI is InChI=1S/C19H21F2N5O2/c20-19(21)9-12(10-19)15-13(8-11-3-6-28-7-4-11)17(27)26(25-15)18-23-14-2-1-5-22-16(14)24-18/h1-2,5,11-12,25H,3-4,6-10H2,(H,22,23,24). The number of imidazole rings is 1. The normalized spacial score (nSPS) is 20.5. The van der Waals surface area contributed by atoms with Gasteiger partial charge in [0, 0.05) is 49.4 Å². The number of rotatable bonds is 4. The largest absolute Gasteiger partial charge is 0.381 e. The molecular weight excluding hydrogens is 368 g/mol. The Labute approximate surface area is 159 Å². The number of hydrogen-bond acceptors (Lipinski definition) is 4. The van der Waals surface area contributed by atoms with E-state index in [1.54, 1.807) is 12.3 Å². The Morgan fingerprint density at radius 2 is 2.07 bits per heavy atom. The second-order valence-electron chi connectivity index (χ2n) is 7.80. The van der Waals surface area contributed by atoms with E-state index < -0.39 is 5.92 Å². The molecule has 7 nitrogen and oxygen atoms in total. The van der Waals surface area contributed by atoms with Gasteiger partial charge in [-0.3, -0.25) is 9.89 Å².